The maximum atomic E-state index is 10.8. The van der Waals surface area contributed by atoms with Crippen LogP contribution in [-0.4, -0.2) is 24.1 Å². The third-order valence-corrected chi connectivity index (χ3v) is 2.75. The third kappa shape index (κ3) is 1.61. The Kier molecular flexibility index (Phi) is 2.39. The summed E-state index contributed by atoms with van der Waals surface area (Å²) in [7, 11) is 1.45. The Morgan fingerprint density at radius 2 is 2.56 bits per heavy atom. The molecule has 1 atom stereocenters. The molecule has 1 heterocycles. The van der Waals surface area contributed by atoms with Crippen molar-refractivity contribution in [1.29, 1.82) is 0 Å². The van der Waals surface area contributed by atoms with E-state index in [9.17, 15) is 4.79 Å². The second-order valence-corrected chi connectivity index (χ2v) is 3.34. The first kappa shape index (κ1) is 6.93. The lowest BCUT2D eigenvalue weighted by Gasteiger charge is -2.02. The Hall–Kier alpha value is -0.180. The molecule has 0 unspecified atom stereocenters. The van der Waals surface area contributed by atoms with Gasteiger partial charge in [0.05, 0.1) is 7.11 Å². The highest BCUT2D eigenvalue weighted by Crippen LogP contribution is 2.26. The number of hydrogen-bond acceptors (Lipinski definition) is 3. The van der Waals surface area contributed by atoms with Crippen molar-refractivity contribution in [3.8, 4) is 0 Å². The molecule has 1 rings (SSSR count). The first-order valence-corrected chi connectivity index (χ1v) is 4.09. The van der Waals surface area contributed by atoms with Crippen molar-refractivity contribution in [2.24, 2.45) is 0 Å². The molecule has 9 heavy (non-hydrogen) atoms. The van der Waals surface area contributed by atoms with Gasteiger partial charge in [-0.15, -0.1) is 11.8 Å². The molecule has 0 N–H and O–H groups in total. The molecule has 1 fully saturated rings. The fourth-order valence-electron chi connectivity index (χ4n) is 0.895. The largest absolute Gasteiger partial charge is 0.468 e. The van der Waals surface area contributed by atoms with Gasteiger partial charge in [0.2, 0.25) is 0 Å². The van der Waals surface area contributed by atoms with Gasteiger partial charge in [-0.25, -0.2) is 0 Å². The van der Waals surface area contributed by atoms with Crippen LogP contribution in [0.5, 0.6) is 0 Å². The van der Waals surface area contributed by atoms with Crippen LogP contribution in [0.15, 0.2) is 0 Å². The molecule has 0 aliphatic carbocycles. The zero-order valence-electron chi connectivity index (χ0n) is 5.42. The van der Waals surface area contributed by atoms with Crippen LogP contribution in [0.1, 0.15) is 12.8 Å². The maximum absolute atomic E-state index is 10.8. The molecule has 0 radical (unpaired) electrons. The van der Waals surface area contributed by atoms with Gasteiger partial charge < -0.3 is 4.74 Å². The minimum absolute atomic E-state index is 0.0579. The number of rotatable bonds is 1. The van der Waals surface area contributed by atoms with Gasteiger partial charge in [-0.2, -0.15) is 0 Å². The molecular weight excluding hydrogens is 136 g/mol. The second kappa shape index (κ2) is 3.11. The van der Waals surface area contributed by atoms with Crippen LogP contribution in [0.4, 0.5) is 0 Å². The summed E-state index contributed by atoms with van der Waals surface area (Å²) in [5.41, 5.74) is 0. The van der Waals surface area contributed by atoms with E-state index >= 15 is 0 Å². The average molecular weight is 146 g/mol. The molecule has 2 nitrogen and oxygen atoms in total. The van der Waals surface area contributed by atoms with Crippen molar-refractivity contribution in [3.63, 3.8) is 0 Å². The molecule has 1 aliphatic rings. The molecule has 0 bridgehead atoms. The lowest BCUT2D eigenvalue weighted by molar-refractivity contribution is -0.139. The van der Waals surface area contributed by atoms with Gasteiger partial charge >= 0.3 is 5.97 Å². The Morgan fingerprint density at radius 3 is 3.00 bits per heavy atom. The van der Waals surface area contributed by atoms with Crippen molar-refractivity contribution >= 4 is 17.7 Å². The normalized spacial score (nSPS) is 26.1. The van der Waals surface area contributed by atoms with Crippen molar-refractivity contribution in [3.05, 3.63) is 0 Å². The fourth-order valence-corrected chi connectivity index (χ4v) is 2.08. The van der Waals surface area contributed by atoms with Crippen molar-refractivity contribution in [2.45, 2.75) is 18.1 Å². The summed E-state index contributed by atoms with van der Waals surface area (Å²) in [6, 6.07) is 0. The van der Waals surface area contributed by atoms with Gasteiger partial charge in [0.1, 0.15) is 5.25 Å². The van der Waals surface area contributed by atoms with Crippen LogP contribution < -0.4 is 0 Å². The predicted molar refractivity (Wildman–Crippen MR) is 37.5 cm³/mol. The van der Waals surface area contributed by atoms with E-state index in [-0.39, 0.29) is 11.2 Å². The van der Waals surface area contributed by atoms with Crippen LogP contribution in [0, 0.1) is 0 Å². The van der Waals surface area contributed by atoms with Gasteiger partial charge in [-0.1, -0.05) is 0 Å². The lowest BCUT2D eigenvalue weighted by Crippen LogP contribution is -2.14. The highest BCUT2D eigenvalue weighted by atomic mass is 32.2. The Balaban J connectivity index is 2.32. The van der Waals surface area contributed by atoms with Gasteiger partial charge in [0.25, 0.3) is 0 Å². The Bertz CT molecular complexity index is 108. The van der Waals surface area contributed by atoms with Crippen molar-refractivity contribution < 1.29 is 9.53 Å². The predicted octanol–water partition coefficient (Wildman–Crippen LogP) is 1.05. The molecule has 3 heteroatoms. The first-order chi connectivity index (χ1) is 4.34. The van der Waals surface area contributed by atoms with E-state index < -0.39 is 0 Å². The first-order valence-electron chi connectivity index (χ1n) is 3.04. The quantitative estimate of drug-likeness (QED) is 0.517. The lowest BCUT2D eigenvalue weighted by atomic mass is 10.2. The summed E-state index contributed by atoms with van der Waals surface area (Å²) in [5.74, 6) is 1.05. The molecule has 0 aromatic heterocycles. The number of esters is 1. The zero-order valence-corrected chi connectivity index (χ0v) is 6.24. The summed E-state index contributed by atoms with van der Waals surface area (Å²) in [6.45, 7) is 0. The molecule has 0 aromatic rings. The monoisotopic (exact) mass is 146 g/mol. The molecule has 0 aromatic carbocycles. The van der Waals surface area contributed by atoms with Crippen LogP contribution in [0.3, 0.4) is 0 Å². The fraction of sp³-hybridized carbons (Fsp3) is 0.833. The van der Waals surface area contributed by atoms with Crippen LogP contribution in [-0.2, 0) is 9.53 Å². The Morgan fingerprint density at radius 1 is 1.78 bits per heavy atom. The zero-order chi connectivity index (χ0) is 6.69. The van der Waals surface area contributed by atoms with E-state index in [1.807, 2.05) is 0 Å². The van der Waals surface area contributed by atoms with Gasteiger partial charge in [-0.05, 0) is 18.6 Å². The van der Waals surface area contributed by atoms with Gasteiger partial charge in [0.15, 0.2) is 0 Å². The Labute approximate surface area is 59.0 Å². The highest BCUT2D eigenvalue weighted by Gasteiger charge is 2.23. The van der Waals surface area contributed by atoms with E-state index in [0.29, 0.717) is 0 Å². The molecule has 0 spiro atoms. The minimum atomic E-state index is -0.0579. The minimum Gasteiger partial charge on any atom is -0.468 e. The number of carbonyl (C=O) groups excluding carboxylic acids is 1. The third-order valence-electron chi connectivity index (χ3n) is 1.39. The molecular formula is C6H10O2S. The second-order valence-electron chi connectivity index (χ2n) is 2.02. The summed E-state index contributed by atoms with van der Waals surface area (Å²) >= 11 is 1.70. The van der Waals surface area contributed by atoms with E-state index in [4.69, 9.17) is 0 Å². The summed E-state index contributed by atoms with van der Waals surface area (Å²) in [6.07, 6.45) is 2.15. The number of hydrogen-bond donors (Lipinski definition) is 0. The van der Waals surface area contributed by atoms with E-state index in [1.165, 1.54) is 7.11 Å². The van der Waals surface area contributed by atoms with Crippen LogP contribution in [0.2, 0.25) is 0 Å². The number of thioether (sulfide) groups is 1. The van der Waals surface area contributed by atoms with E-state index in [1.54, 1.807) is 11.8 Å². The standard InChI is InChI=1S/C6H10O2S/c1-8-6(7)5-3-2-4-9-5/h5H,2-4H2,1H3/t5-/m1/s1. The maximum Gasteiger partial charge on any atom is 0.318 e. The summed E-state index contributed by atoms with van der Waals surface area (Å²) in [5, 5.41) is 0.134. The summed E-state index contributed by atoms with van der Waals surface area (Å²) < 4.78 is 4.57. The number of ether oxygens (including phenoxy) is 1. The molecule has 0 amide bonds. The van der Waals surface area contributed by atoms with Gasteiger partial charge in [-0.3, -0.25) is 4.79 Å². The topological polar surface area (TPSA) is 26.3 Å². The van der Waals surface area contributed by atoms with Crippen LogP contribution in [0.25, 0.3) is 0 Å². The summed E-state index contributed by atoms with van der Waals surface area (Å²) in [4.78, 5) is 10.8. The number of carbonyl (C=O) groups is 1. The SMILES string of the molecule is COC(=O)[C@H]1CCCS1. The molecule has 1 saturated heterocycles. The van der Waals surface area contributed by atoms with Crippen LogP contribution >= 0.6 is 11.8 Å². The molecule has 1 aliphatic heterocycles. The average Bonchev–Trinajstić information content (AvgIpc) is 2.37. The van der Waals surface area contributed by atoms with E-state index in [0.717, 1.165) is 18.6 Å². The van der Waals surface area contributed by atoms with E-state index in [2.05, 4.69) is 4.74 Å². The van der Waals surface area contributed by atoms with Crippen molar-refractivity contribution in [1.82, 2.24) is 0 Å². The van der Waals surface area contributed by atoms with Crippen molar-refractivity contribution in [2.75, 3.05) is 12.9 Å². The smallest absolute Gasteiger partial charge is 0.318 e. The number of methoxy groups -OCH3 is 1. The highest BCUT2D eigenvalue weighted by molar-refractivity contribution is 8.00. The molecule has 52 valence electrons. The van der Waals surface area contributed by atoms with Gasteiger partial charge in [0, 0.05) is 0 Å². The molecule has 0 saturated carbocycles.